The van der Waals surface area contributed by atoms with Crippen LogP contribution in [0, 0.1) is 0 Å². The van der Waals surface area contributed by atoms with Gasteiger partial charge in [0.1, 0.15) is 6.29 Å². The Bertz CT molecular complexity index is 1180. The predicted octanol–water partition coefficient (Wildman–Crippen LogP) is 4.24. The predicted molar refractivity (Wildman–Crippen MR) is 120 cm³/mol. The number of hydrogen-bond acceptors (Lipinski definition) is 6. The Kier molecular flexibility index (Phi) is 5.83. The molecule has 150 valence electrons. The first-order valence-electron chi connectivity index (χ1n) is 9.38. The van der Waals surface area contributed by atoms with Crippen LogP contribution in [0.4, 0.5) is 10.8 Å². The second-order valence-corrected chi connectivity index (χ2v) is 7.65. The summed E-state index contributed by atoms with van der Waals surface area (Å²) >= 11 is 1.47. The van der Waals surface area contributed by atoms with Crippen LogP contribution < -0.4 is 10.6 Å². The number of aliphatic hydroxyl groups is 1. The second-order valence-electron chi connectivity index (χ2n) is 6.62. The molecule has 0 fully saturated rings. The van der Waals surface area contributed by atoms with Crippen molar-refractivity contribution in [3.63, 3.8) is 0 Å². The summed E-state index contributed by atoms with van der Waals surface area (Å²) in [6.07, 6.45) is 0.833. The Labute approximate surface area is 177 Å². The number of aliphatic hydroxyl groups excluding tert-OH is 1. The van der Waals surface area contributed by atoms with E-state index in [2.05, 4.69) is 15.6 Å². The van der Waals surface area contributed by atoms with Crippen molar-refractivity contribution >= 4 is 44.6 Å². The average molecular weight is 417 g/mol. The van der Waals surface area contributed by atoms with Crippen molar-refractivity contribution < 1.29 is 14.7 Å². The number of nitrogens with zero attached hydrogens (tertiary/aromatic N) is 1. The second kappa shape index (κ2) is 8.86. The molecular formula is C23H19N3O3S. The van der Waals surface area contributed by atoms with Gasteiger partial charge < -0.3 is 15.7 Å². The number of aromatic nitrogens is 1. The number of aldehydes is 1. The van der Waals surface area contributed by atoms with Crippen LogP contribution in [-0.2, 0) is 0 Å². The van der Waals surface area contributed by atoms with Crippen LogP contribution in [0.15, 0.2) is 66.7 Å². The van der Waals surface area contributed by atoms with Gasteiger partial charge in [-0.2, -0.15) is 0 Å². The summed E-state index contributed by atoms with van der Waals surface area (Å²) < 4.78 is 0.904. The average Bonchev–Trinajstić information content (AvgIpc) is 3.19. The number of rotatable bonds is 7. The van der Waals surface area contributed by atoms with E-state index in [9.17, 15) is 9.59 Å². The molecule has 0 aliphatic rings. The molecule has 4 rings (SSSR count). The molecule has 0 saturated carbocycles. The largest absolute Gasteiger partial charge is 0.395 e. The van der Waals surface area contributed by atoms with Crippen LogP contribution in [0.2, 0.25) is 0 Å². The van der Waals surface area contributed by atoms with Crippen molar-refractivity contribution in [3.8, 4) is 11.1 Å². The molecule has 1 amide bonds. The lowest BCUT2D eigenvalue weighted by Gasteiger charge is -2.05. The SMILES string of the molecule is O=Cc1ccc(-c2ccc(Nc3nc4ccc(C(=O)NCCO)cc4s3)cc2)cc1. The van der Waals surface area contributed by atoms with Crippen LogP contribution in [-0.4, -0.2) is 35.4 Å². The summed E-state index contributed by atoms with van der Waals surface area (Å²) in [5.74, 6) is -0.217. The van der Waals surface area contributed by atoms with E-state index < -0.39 is 0 Å². The van der Waals surface area contributed by atoms with Crippen molar-refractivity contribution in [2.24, 2.45) is 0 Å². The Hall–Kier alpha value is -3.55. The highest BCUT2D eigenvalue weighted by Gasteiger charge is 2.10. The number of thiazole rings is 1. The minimum absolute atomic E-state index is 0.0918. The van der Waals surface area contributed by atoms with Gasteiger partial charge in [0.2, 0.25) is 0 Å². The first-order chi connectivity index (χ1) is 14.7. The van der Waals surface area contributed by atoms with Gasteiger partial charge in [0.15, 0.2) is 5.13 Å². The first kappa shape index (κ1) is 19.8. The molecule has 6 nitrogen and oxygen atoms in total. The number of benzene rings is 3. The Morgan fingerprint density at radius 3 is 2.37 bits per heavy atom. The van der Waals surface area contributed by atoms with E-state index in [0.29, 0.717) is 11.1 Å². The lowest BCUT2D eigenvalue weighted by molar-refractivity contribution is 0.0944. The number of hydrogen-bond donors (Lipinski definition) is 3. The van der Waals surface area contributed by atoms with Crippen LogP contribution in [0.25, 0.3) is 21.3 Å². The number of anilines is 2. The van der Waals surface area contributed by atoms with E-state index >= 15 is 0 Å². The van der Waals surface area contributed by atoms with Crippen molar-refractivity contribution in [1.82, 2.24) is 10.3 Å². The Morgan fingerprint density at radius 2 is 1.70 bits per heavy atom. The van der Waals surface area contributed by atoms with Crippen molar-refractivity contribution in [3.05, 3.63) is 77.9 Å². The van der Waals surface area contributed by atoms with Gasteiger partial charge in [0.05, 0.1) is 16.8 Å². The van der Waals surface area contributed by atoms with Crippen molar-refractivity contribution in [1.29, 1.82) is 0 Å². The van der Waals surface area contributed by atoms with Gasteiger partial charge in [-0.05, 0) is 41.5 Å². The van der Waals surface area contributed by atoms with Crippen molar-refractivity contribution in [2.75, 3.05) is 18.5 Å². The summed E-state index contributed by atoms with van der Waals surface area (Å²) in [6, 6.07) is 20.8. The fourth-order valence-electron chi connectivity index (χ4n) is 3.01. The van der Waals surface area contributed by atoms with Crippen LogP contribution >= 0.6 is 11.3 Å². The molecule has 30 heavy (non-hydrogen) atoms. The summed E-state index contributed by atoms with van der Waals surface area (Å²) in [5, 5.41) is 15.5. The molecule has 0 aliphatic heterocycles. The molecule has 1 aromatic heterocycles. The Morgan fingerprint density at radius 1 is 1.00 bits per heavy atom. The molecule has 3 aromatic carbocycles. The number of carbonyl (C=O) groups excluding carboxylic acids is 2. The van der Waals surface area contributed by atoms with Crippen molar-refractivity contribution in [2.45, 2.75) is 0 Å². The summed E-state index contributed by atoms with van der Waals surface area (Å²) in [6.45, 7) is 0.134. The van der Waals surface area contributed by atoms with E-state index in [-0.39, 0.29) is 19.1 Å². The maximum absolute atomic E-state index is 12.1. The summed E-state index contributed by atoms with van der Waals surface area (Å²) in [5.41, 5.74) is 5.01. The summed E-state index contributed by atoms with van der Waals surface area (Å²) in [7, 11) is 0. The Balaban J connectivity index is 1.49. The molecule has 0 atom stereocenters. The minimum Gasteiger partial charge on any atom is -0.395 e. The molecule has 0 saturated heterocycles. The smallest absolute Gasteiger partial charge is 0.251 e. The third-order valence-corrected chi connectivity index (χ3v) is 5.50. The monoisotopic (exact) mass is 417 g/mol. The lowest BCUT2D eigenvalue weighted by Crippen LogP contribution is -2.26. The topological polar surface area (TPSA) is 91.3 Å². The normalized spacial score (nSPS) is 10.7. The lowest BCUT2D eigenvalue weighted by atomic mass is 10.0. The maximum Gasteiger partial charge on any atom is 0.251 e. The summed E-state index contributed by atoms with van der Waals surface area (Å²) in [4.78, 5) is 27.4. The number of amides is 1. The molecule has 1 heterocycles. The molecule has 0 unspecified atom stereocenters. The molecule has 0 bridgehead atoms. The van der Waals surface area contributed by atoms with Crippen LogP contribution in [0.3, 0.4) is 0 Å². The zero-order chi connectivity index (χ0) is 20.9. The molecule has 4 aromatic rings. The number of carbonyl (C=O) groups is 2. The fraction of sp³-hybridized carbons (Fsp3) is 0.0870. The zero-order valence-corrected chi connectivity index (χ0v) is 16.8. The third-order valence-electron chi connectivity index (χ3n) is 4.56. The van der Waals surface area contributed by atoms with Gasteiger partial charge in [0, 0.05) is 23.4 Å². The van der Waals surface area contributed by atoms with Crippen LogP contribution in [0.5, 0.6) is 0 Å². The van der Waals surface area contributed by atoms with E-state index in [4.69, 9.17) is 5.11 Å². The van der Waals surface area contributed by atoms with E-state index in [1.807, 2.05) is 42.5 Å². The molecule has 7 heteroatoms. The molecule has 0 spiro atoms. The quantitative estimate of drug-likeness (QED) is 0.391. The van der Waals surface area contributed by atoms with Gasteiger partial charge in [-0.15, -0.1) is 0 Å². The van der Waals surface area contributed by atoms with Crippen LogP contribution in [0.1, 0.15) is 20.7 Å². The zero-order valence-electron chi connectivity index (χ0n) is 16.0. The third kappa shape index (κ3) is 4.37. The minimum atomic E-state index is -0.217. The molecule has 0 aliphatic carbocycles. The van der Waals surface area contributed by atoms with E-state index in [0.717, 1.165) is 38.4 Å². The van der Waals surface area contributed by atoms with Gasteiger partial charge in [-0.25, -0.2) is 4.98 Å². The highest BCUT2D eigenvalue weighted by Crippen LogP contribution is 2.30. The fourth-order valence-corrected chi connectivity index (χ4v) is 3.94. The van der Waals surface area contributed by atoms with Gasteiger partial charge in [0.25, 0.3) is 5.91 Å². The van der Waals surface area contributed by atoms with Gasteiger partial charge >= 0.3 is 0 Å². The highest BCUT2D eigenvalue weighted by molar-refractivity contribution is 7.22. The standard InChI is InChI=1S/C23H19N3O3S/c27-12-11-24-22(29)18-7-10-20-21(13-18)30-23(26-20)25-19-8-5-17(6-9-19)16-3-1-15(14-28)2-4-16/h1-10,13-14,27H,11-12H2,(H,24,29)(H,25,26). The number of nitrogens with one attached hydrogen (secondary N) is 2. The highest BCUT2D eigenvalue weighted by atomic mass is 32.1. The van der Waals surface area contributed by atoms with Gasteiger partial charge in [-0.3, -0.25) is 9.59 Å². The first-order valence-corrected chi connectivity index (χ1v) is 10.2. The maximum atomic E-state index is 12.1. The van der Waals surface area contributed by atoms with E-state index in [1.54, 1.807) is 24.3 Å². The molecular weight excluding hydrogens is 398 g/mol. The number of fused-ring (bicyclic) bond motifs is 1. The molecule has 0 radical (unpaired) electrons. The van der Waals surface area contributed by atoms with Gasteiger partial charge in [-0.1, -0.05) is 47.7 Å². The molecule has 3 N–H and O–H groups in total. The van der Waals surface area contributed by atoms with E-state index in [1.165, 1.54) is 11.3 Å².